The van der Waals surface area contributed by atoms with E-state index in [0.29, 0.717) is 24.0 Å². The van der Waals surface area contributed by atoms with Gasteiger partial charge in [0.2, 0.25) is 0 Å². The summed E-state index contributed by atoms with van der Waals surface area (Å²) in [6.45, 7) is 2.93. The minimum atomic E-state index is -0.138. The standard InChI is InChI=1S/C21H20N4O2S/c1-3-27-17-10-7-11-18-19(17)23-21(28-18)25(14-15-8-5-4-6-9-15)20(26)16-12-13-22-24(16)2/h4-13H,3,14H2,1-2H3. The van der Waals surface area contributed by atoms with Crippen molar-refractivity contribution in [3.63, 3.8) is 0 Å². The van der Waals surface area contributed by atoms with Crippen molar-refractivity contribution in [3.05, 3.63) is 72.1 Å². The van der Waals surface area contributed by atoms with E-state index in [-0.39, 0.29) is 5.91 Å². The largest absolute Gasteiger partial charge is 0.492 e. The Labute approximate surface area is 167 Å². The van der Waals surface area contributed by atoms with Gasteiger partial charge in [0, 0.05) is 13.2 Å². The second kappa shape index (κ2) is 7.82. The third-order valence-corrected chi connectivity index (χ3v) is 5.41. The summed E-state index contributed by atoms with van der Waals surface area (Å²) in [5.74, 6) is 0.594. The van der Waals surface area contributed by atoms with Crippen LogP contribution in [0.25, 0.3) is 10.2 Å². The van der Waals surface area contributed by atoms with Gasteiger partial charge in [0.1, 0.15) is 17.0 Å². The molecule has 0 fully saturated rings. The first kappa shape index (κ1) is 18.2. The molecule has 0 saturated carbocycles. The fourth-order valence-electron chi connectivity index (χ4n) is 3.01. The molecule has 0 aliphatic carbocycles. The Hall–Kier alpha value is -3.19. The van der Waals surface area contributed by atoms with Crippen LogP contribution in [0.3, 0.4) is 0 Å². The van der Waals surface area contributed by atoms with Gasteiger partial charge in [-0.05, 0) is 30.7 Å². The number of hydrogen-bond acceptors (Lipinski definition) is 5. The highest BCUT2D eigenvalue weighted by atomic mass is 32.1. The van der Waals surface area contributed by atoms with Crippen LogP contribution in [0, 0.1) is 0 Å². The topological polar surface area (TPSA) is 60.2 Å². The van der Waals surface area contributed by atoms with E-state index in [0.717, 1.165) is 21.5 Å². The first-order valence-corrected chi connectivity index (χ1v) is 9.85. The zero-order chi connectivity index (χ0) is 19.5. The molecule has 0 bridgehead atoms. The SMILES string of the molecule is CCOc1cccc2sc(N(Cc3ccccc3)C(=O)c3ccnn3C)nc12. The summed E-state index contributed by atoms with van der Waals surface area (Å²) in [6.07, 6.45) is 1.62. The van der Waals surface area contributed by atoms with E-state index in [4.69, 9.17) is 9.72 Å². The van der Waals surface area contributed by atoms with E-state index in [1.54, 1.807) is 28.9 Å². The lowest BCUT2D eigenvalue weighted by Gasteiger charge is -2.20. The molecule has 0 radical (unpaired) electrons. The highest BCUT2D eigenvalue weighted by molar-refractivity contribution is 7.22. The average Bonchev–Trinajstić information content (AvgIpc) is 3.33. The Morgan fingerprint density at radius 1 is 1.14 bits per heavy atom. The van der Waals surface area contributed by atoms with Gasteiger partial charge in [-0.3, -0.25) is 14.4 Å². The molecular weight excluding hydrogens is 372 g/mol. The van der Waals surface area contributed by atoms with Gasteiger partial charge >= 0.3 is 0 Å². The molecular formula is C21H20N4O2S. The van der Waals surface area contributed by atoms with Crippen LogP contribution in [-0.2, 0) is 13.6 Å². The van der Waals surface area contributed by atoms with Crippen LogP contribution in [0.4, 0.5) is 5.13 Å². The van der Waals surface area contributed by atoms with Crippen LogP contribution < -0.4 is 9.64 Å². The molecule has 4 rings (SSSR count). The molecule has 6 nitrogen and oxygen atoms in total. The van der Waals surface area contributed by atoms with Crippen molar-refractivity contribution < 1.29 is 9.53 Å². The van der Waals surface area contributed by atoms with Gasteiger partial charge in [-0.25, -0.2) is 4.98 Å². The number of aryl methyl sites for hydroxylation is 1. The fourth-order valence-corrected chi connectivity index (χ4v) is 3.99. The maximum Gasteiger partial charge on any atom is 0.278 e. The number of amides is 1. The van der Waals surface area contributed by atoms with Gasteiger partial charge in [0.25, 0.3) is 5.91 Å². The molecule has 7 heteroatoms. The number of para-hydroxylation sites is 1. The monoisotopic (exact) mass is 392 g/mol. The quantitative estimate of drug-likeness (QED) is 0.491. The number of nitrogens with zero attached hydrogens (tertiary/aromatic N) is 4. The van der Waals surface area contributed by atoms with Crippen molar-refractivity contribution in [1.29, 1.82) is 0 Å². The van der Waals surface area contributed by atoms with Gasteiger partial charge in [-0.2, -0.15) is 5.10 Å². The lowest BCUT2D eigenvalue weighted by molar-refractivity contribution is 0.0976. The van der Waals surface area contributed by atoms with Gasteiger partial charge in [-0.15, -0.1) is 0 Å². The van der Waals surface area contributed by atoms with Crippen molar-refractivity contribution in [2.75, 3.05) is 11.5 Å². The molecule has 0 spiro atoms. The fraction of sp³-hybridized carbons (Fsp3) is 0.190. The molecule has 0 aliphatic rings. The summed E-state index contributed by atoms with van der Waals surface area (Å²) < 4.78 is 8.27. The first-order valence-electron chi connectivity index (χ1n) is 9.03. The van der Waals surface area contributed by atoms with Crippen molar-refractivity contribution in [3.8, 4) is 5.75 Å². The molecule has 1 amide bonds. The number of ether oxygens (including phenoxy) is 1. The van der Waals surface area contributed by atoms with Gasteiger partial charge in [0.05, 0.1) is 17.9 Å². The van der Waals surface area contributed by atoms with Crippen molar-refractivity contribution >= 4 is 32.6 Å². The molecule has 4 aromatic rings. The zero-order valence-electron chi connectivity index (χ0n) is 15.7. The number of fused-ring (bicyclic) bond motifs is 1. The van der Waals surface area contributed by atoms with Crippen LogP contribution in [0.15, 0.2) is 60.8 Å². The lowest BCUT2D eigenvalue weighted by Crippen LogP contribution is -2.31. The molecule has 0 N–H and O–H groups in total. The summed E-state index contributed by atoms with van der Waals surface area (Å²) in [4.78, 5) is 19.8. The molecule has 0 saturated heterocycles. The van der Waals surface area contributed by atoms with Crippen LogP contribution in [-0.4, -0.2) is 27.3 Å². The second-order valence-electron chi connectivity index (χ2n) is 6.25. The summed E-state index contributed by atoms with van der Waals surface area (Å²) in [5.41, 5.74) is 2.32. The van der Waals surface area contributed by atoms with E-state index >= 15 is 0 Å². The summed E-state index contributed by atoms with van der Waals surface area (Å²) >= 11 is 1.48. The predicted octanol–water partition coefficient (Wildman–Crippen LogP) is 4.28. The maximum atomic E-state index is 13.3. The van der Waals surface area contributed by atoms with E-state index in [1.165, 1.54) is 11.3 Å². The van der Waals surface area contributed by atoms with Gasteiger partial charge in [0.15, 0.2) is 5.13 Å². The van der Waals surface area contributed by atoms with Crippen LogP contribution in [0.5, 0.6) is 5.75 Å². The summed E-state index contributed by atoms with van der Waals surface area (Å²) in [7, 11) is 1.76. The Morgan fingerprint density at radius 3 is 2.68 bits per heavy atom. The molecule has 0 unspecified atom stereocenters. The molecule has 28 heavy (non-hydrogen) atoms. The van der Waals surface area contributed by atoms with E-state index in [9.17, 15) is 4.79 Å². The Bertz CT molecular complexity index is 1100. The second-order valence-corrected chi connectivity index (χ2v) is 7.26. The van der Waals surface area contributed by atoms with E-state index in [1.807, 2.05) is 55.5 Å². The number of benzene rings is 2. The normalized spacial score (nSPS) is 10.9. The molecule has 142 valence electrons. The van der Waals surface area contributed by atoms with Crippen molar-refractivity contribution in [1.82, 2.24) is 14.8 Å². The number of carbonyl (C=O) groups is 1. The molecule has 0 atom stereocenters. The third kappa shape index (κ3) is 3.48. The van der Waals surface area contributed by atoms with Crippen molar-refractivity contribution in [2.24, 2.45) is 7.05 Å². The minimum Gasteiger partial charge on any atom is -0.492 e. The zero-order valence-corrected chi connectivity index (χ0v) is 16.5. The molecule has 2 aromatic carbocycles. The number of aromatic nitrogens is 3. The minimum absolute atomic E-state index is 0.138. The number of anilines is 1. The number of carbonyl (C=O) groups excluding carboxylic acids is 1. The third-order valence-electron chi connectivity index (χ3n) is 4.37. The Balaban J connectivity index is 1.78. The van der Waals surface area contributed by atoms with E-state index in [2.05, 4.69) is 5.10 Å². The van der Waals surface area contributed by atoms with Crippen LogP contribution in [0.1, 0.15) is 23.0 Å². The van der Waals surface area contributed by atoms with Gasteiger partial charge in [-0.1, -0.05) is 47.7 Å². The van der Waals surface area contributed by atoms with E-state index < -0.39 is 0 Å². The number of hydrogen-bond donors (Lipinski definition) is 0. The molecule has 2 aromatic heterocycles. The first-order chi connectivity index (χ1) is 13.7. The smallest absolute Gasteiger partial charge is 0.278 e. The highest BCUT2D eigenvalue weighted by Crippen LogP contribution is 2.35. The van der Waals surface area contributed by atoms with Crippen LogP contribution in [0.2, 0.25) is 0 Å². The Morgan fingerprint density at radius 2 is 1.96 bits per heavy atom. The maximum absolute atomic E-state index is 13.3. The predicted molar refractivity (Wildman–Crippen MR) is 111 cm³/mol. The molecule has 2 heterocycles. The number of thiazole rings is 1. The van der Waals surface area contributed by atoms with Crippen LogP contribution >= 0.6 is 11.3 Å². The highest BCUT2D eigenvalue weighted by Gasteiger charge is 2.24. The van der Waals surface area contributed by atoms with Crippen molar-refractivity contribution in [2.45, 2.75) is 13.5 Å². The Kier molecular flexibility index (Phi) is 5.08. The summed E-state index contributed by atoms with van der Waals surface area (Å²) in [5, 5.41) is 4.77. The average molecular weight is 392 g/mol. The molecule has 0 aliphatic heterocycles. The lowest BCUT2D eigenvalue weighted by atomic mass is 10.2. The van der Waals surface area contributed by atoms with Gasteiger partial charge < -0.3 is 4.74 Å². The summed E-state index contributed by atoms with van der Waals surface area (Å²) in [6, 6.07) is 17.5. The number of rotatable bonds is 6.